The molecule has 0 radical (unpaired) electrons. The van der Waals surface area contributed by atoms with Crippen molar-refractivity contribution in [3.05, 3.63) is 23.5 Å². The van der Waals surface area contributed by atoms with E-state index in [9.17, 15) is 12.8 Å². The standard InChI is InChI=1S/C14H23FN2O2S/c1-9-6-11(16)7-12(13(9)15)20(18,19)17-8-10(2)14(3,4)5/h6-7,10,17H,8,16H2,1-5H3. The summed E-state index contributed by atoms with van der Waals surface area (Å²) in [4.78, 5) is -0.392. The minimum atomic E-state index is -3.90. The quantitative estimate of drug-likeness (QED) is 0.840. The van der Waals surface area contributed by atoms with Gasteiger partial charge in [-0.2, -0.15) is 0 Å². The zero-order chi connectivity index (χ0) is 15.7. The number of anilines is 1. The topological polar surface area (TPSA) is 72.2 Å². The summed E-state index contributed by atoms with van der Waals surface area (Å²) in [6, 6.07) is 2.55. The van der Waals surface area contributed by atoms with Crippen LogP contribution in [0.2, 0.25) is 0 Å². The molecule has 3 N–H and O–H groups in total. The largest absolute Gasteiger partial charge is 0.399 e. The highest BCUT2D eigenvalue weighted by atomic mass is 32.2. The maximum absolute atomic E-state index is 14.0. The lowest BCUT2D eigenvalue weighted by atomic mass is 9.82. The van der Waals surface area contributed by atoms with E-state index in [1.165, 1.54) is 13.0 Å². The van der Waals surface area contributed by atoms with Gasteiger partial charge < -0.3 is 5.73 Å². The van der Waals surface area contributed by atoms with Gasteiger partial charge in [-0.25, -0.2) is 17.5 Å². The Hall–Kier alpha value is -1.14. The lowest BCUT2D eigenvalue weighted by molar-refractivity contribution is 0.263. The van der Waals surface area contributed by atoms with E-state index in [1.807, 2.05) is 27.7 Å². The van der Waals surface area contributed by atoms with E-state index in [0.717, 1.165) is 6.07 Å². The van der Waals surface area contributed by atoms with E-state index in [4.69, 9.17) is 5.73 Å². The minimum absolute atomic E-state index is 0.0350. The van der Waals surface area contributed by atoms with Crippen LogP contribution in [-0.4, -0.2) is 15.0 Å². The second-order valence-electron chi connectivity index (χ2n) is 6.27. The lowest BCUT2D eigenvalue weighted by Crippen LogP contribution is -2.34. The van der Waals surface area contributed by atoms with Gasteiger partial charge in [0.1, 0.15) is 10.7 Å². The monoisotopic (exact) mass is 302 g/mol. The highest BCUT2D eigenvalue weighted by Crippen LogP contribution is 2.26. The molecule has 0 fully saturated rings. The zero-order valence-electron chi connectivity index (χ0n) is 12.6. The highest BCUT2D eigenvalue weighted by molar-refractivity contribution is 7.89. The first-order valence-corrected chi connectivity index (χ1v) is 7.98. The summed E-state index contributed by atoms with van der Waals surface area (Å²) < 4.78 is 40.8. The third-order valence-corrected chi connectivity index (χ3v) is 5.01. The van der Waals surface area contributed by atoms with Gasteiger partial charge in [-0.05, 0) is 36.0 Å². The summed E-state index contributed by atoms with van der Waals surface area (Å²) in [5, 5.41) is 0. The molecular formula is C14H23FN2O2S. The first-order valence-electron chi connectivity index (χ1n) is 6.50. The van der Waals surface area contributed by atoms with Gasteiger partial charge in [0.15, 0.2) is 0 Å². The molecule has 1 rings (SSSR count). The Morgan fingerprint density at radius 2 is 1.90 bits per heavy atom. The van der Waals surface area contributed by atoms with E-state index < -0.39 is 20.7 Å². The fourth-order valence-electron chi connectivity index (χ4n) is 1.58. The van der Waals surface area contributed by atoms with Crippen LogP contribution in [0.3, 0.4) is 0 Å². The van der Waals surface area contributed by atoms with Gasteiger partial charge in [-0.15, -0.1) is 0 Å². The van der Waals surface area contributed by atoms with Crippen LogP contribution in [0.25, 0.3) is 0 Å². The summed E-state index contributed by atoms with van der Waals surface area (Å²) in [5.74, 6) is -0.641. The molecule has 1 aromatic rings. The van der Waals surface area contributed by atoms with Gasteiger partial charge in [-0.1, -0.05) is 27.7 Å². The van der Waals surface area contributed by atoms with Crippen LogP contribution >= 0.6 is 0 Å². The average Bonchev–Trinajstić information content (AvgIpc) is 2.29. The molecule has 0 aliphatic rings. The number of aryl methyl sites for hydroxylation is 1. The van der Waals surface area contributed by atoms with Crippen molar-refractivity contribution in [2.75, 3.05) is 12.3 Å². The van der Waals surface area contributed by atoms with Crippen molar-refractivity contribution in [3.8, 4) is 0 Å². The fraction of sp³-hybridized carbons (Fsp3) is 0.571. The molecule has 114 valence electrons. The number of benzene rings is 1. The van der Waals surface area contributed by atoms with E-state index in [-0.39, 0.29) is 29.1 Å². The second-order valence-corrected chi connectivity index (χ2v) is 8.00. The molecule has 0 saturated heterocycles. The summed E-state index contributed by atoms with van der Waals surface area (Å²) in [5.41, 5.74) is 6.00. The number of sulfonamides is 1. The summed E-state index contributed by atoms with van der Waals surface area (Å²) in [7, 11) is -3.90. The van der Waals surface area contributed by atoms with E-state index in [2.05, 4.69) is 4.72 Å². The van der Waals surface area contributed by atoms with Crippen molar-refractivity contribution in [3.63, 3.8) is 0 Å². The van der Waals surface area contributed by atoms with Gasteiger partial charge in [-0.3, -0.25) is 0 Å². The molecule has 0 heterocycles. The van der Waals surface area contributed by atoms with Crippen molar-refractivity contribution < 1.29 is 12.8 Å². The average molecular weight is 302 g/mol. The molecule has 0 saturated carbocycles. The van der Waals surface area contributed by atoms with Crippen molar-refractivity contribution in [1.29, 1.82) is 0 Å². The molecule has 0 aliphatic carbocycles. The number of hydrogen-bond donors (Lipinski definition) is 2. The van der Waals surface area contributed by atoms with Crippen molar-refractivity contribution >= 4 is 15.7 Å². The van der Waals surface area contributed by atoms with Crippen LogP contribution in [0.5, 0.6) is 0 Å². The molecule has 1 aromatic carbocycles. The number of halogens is 1. The number of nitrogen functional groups attached to an aromatic ring is 1. The maximum atomic E-state index is 14.0. The van der Waals surface area contributed by atoms with Crippen LogP contribution in [0.15, 0.2) is 17.0 Å². The summed E-state index contributed by atoms with van der Waals surface area (Å²) >= 11 is 0. The molecule has 4 nitrogen and oxygen atoms in total. The Morgan fingerprint density at radius 1 is 1.35 bits per heavy atom. The predicted octanol–water partition coefficient (Wildman–Crippen LogP) is 2.68. The molecule has 20 heavy (non-hydrogen) atoms. The van der Waals surface area contributed by atoms with Gasteiger partial charge in [0, 0.05) is 12.2 Å². The van der Waals surface area contributed by atoms with E-state index >= 15 is 0 Å². The van der Waals surface area contributed by atoms with Gasteiger partial charge >= 0.3 is 0 Å². The van der Waals surface area contributed by atoms with Crippen molar-refractivity contribution in [2.24, 2.45) is 11.3 Å². The third-order valence-electron chi connectivity index (χ3n) is 3.59. The normalized spacial score (nSPS) is 14.3. The Balaban J connectivity index is 3.02. The molecule has 0 spiro atoms. The number of nitrogens with one attached hydrogen (secondary N) is 1. The van der Waals surface area contributed by atoms with Crippen molar-refractivity contribution in [1.82, 2.24) is 4.72 Å². The molecule has 0 aliphatic heterocycles. The number of rotatable bonds is 4. The molecule has 0 bridgehead atoms. The maximum Gasteiger partial charge on any atom is 0.243 e. The zero-order valence-corrected chi connectivity index (χ0v) is 13.4. The van der Waals surface area contributed by atoms with Gasteiger partial charge in [0.05, 0.1) is 0 Å². The smallest absolute Gasteiger partial charge is 0.243 e. The van der Waals surface area contributed by atoms with Crippen molar-refractivity contribution in [2.45, 2.75) is 39.5 Å². The molecule has 0 amide bonds. The van der Waals surface area contributed by atoms with Crippen LogP contribution in [0.4, 0.5) is 10.1 Å². The predicted molar refractivity (Wildman–Crippen MR) is 79.4 cm³/mol. The molecular weight excluding hydrogens is 279 g/mol. The molecule has 1 atom stereocenters. The van der Waals surface area contributed by atoms with Gasteiger partial charge in [0.2, 0.25) is 10.0 Å². The SMILES string of the molecule is Cc1cc(N)cc(S(=O)(=O)NCC(C)C(C)(C)C)c1F. The van der Waals surface area contributed by atoms with Crippen LogP contribution in [0, 0.1) is 24.1 Å². The first kappa shape index (κ1) is 16.9. The minimum Gasteiger partial charge on any atom is -0.399 e. The van der Waals surface area contributed by atoms with Crippen LogP contribution < -0.4 is 10.5 Å². The Kier molecular flexibility index (Phi) is 4.82. The third kappa shape index (κ3) is 3.93. The van der Waals surface area contributed by atoms with Crippen LogP contribution in [0.1, 0.15) is 33.3 Å². The summed E-state index contributed by atoms with van der Waals surface area (Å²) in [6.07, 6.45) is 0. The van der Waals surface area contributed by atoms with Gasteiger partial charge in [0.25, 0.3) is 0 Å². The number of hydrogen-bond acceptors (Lipinski definition) is 3. The fourth-order valence-corrected chi connectivity index (χ4v) is 2.89. The second kappa shape index (κ2) is 5.69. The Bertz CT molecular complexity index is 592. The molecule has 1 unspecified atom stereocenters. The highest BCUT2D eigenvalue weighted by Gasteiger charge is 2.25. The van der Waals surface area contributed by atoms with Crippen LogP contribution in [-0.2, 0) is 10.0 Å². The summed E-state index contributed by atoms with van der Waals surface area (Å²) in [6.45, 7) is 9.76. The Labute approximate surface area is 120 Å². The molecule has 6 heteroatoms. The lowest BCUT2D eigenvalue weighted by Gasteiger charge is -2.27. The number of nitrogens with two attached hydrogens (primary N) is 1. The first-order chi connectivity index (χ1) is 8.95. The van der Waals surface area contributed by atoms with E-state index in [1.54, 1.807) is 0 Å². The Morgan fingerprint density at radius 3 is 2.40 bits per heavy atom. The molecule has 0 aromatic heterocycles. The van der Waals surface area contributed by atoms with E-state index in [0.29, 0.717) is 0 Å².